The summed E-state index contributed by atoms with van der Waals surface area (Å²) in [6, 6.07) is 7.86. The summed E-state index contributed by atoms with van der Waals surface area (Å²) < 4.78 is 5.43. The van der Waals surface area contributed by atoms with Crippen molar-refractivity contribution in [1.82, 2.24) is 10.6 Å². The van der Waals surface area contributed by atoms with Gasteiger partial charge in [-0.1, -0.05) is 39.0 Å². The number of hydrogen-bond acceptors (Lipinski definition) is 3. The average Bonchev–Trinajstić information content (AvgIpc) is 2.46. The van der Waals surface area contributed by atoms with E-state index >= 15 is 0 Å². The molecule has 1 aromatic carbocycles. The number of ether oxygens (including phenoxy) is 1. The molecule has 2 N–H and O–H groups in total. The van der Waals surface area contributed by atoms with Crippen molar-refractivity contribution in [3.8, 4) is 5.75 Å². The molecule has 2 atom stereocenters. The molecule has 0 heterocycles. The van der Waals surface area contributed by atoms with Gasteiger partial charge in [0.2, 0.25) is 5.91 Å². The largest absolute Gasteiger partial charge is 0.496 e. The van der Waals surface area contributed by atoms with E-state index < -0.39 is 0 Å². The van der Waals surface area contributed by atoms with E-state index in [1.807, 2.05) is 38.2 Å². The number of methoxy groups -OCH3 is 1. The zero-order valence-electron chi connectivity index (χ0n) is 14.2. The van der Waals surface area contributed by atoms with Crippen LogP contribution in [0.4, 0.5) is 0 Å². The van der Waals surface area contributed by atoms with Gasteiger partial charge >= 0.3 is 0 Å². The first-order valence-electron chi connectivity index (χ1n) is 7.57. The fraction of sp³-hybridized carbons (Fsp3) is 0.588. The lowest BCUT2D eigenvalue weighted by molar-refractivity contribution is -0.125. The van der Waals surface area contributed by atoms with Crippen LogP contribution in [0.3, 0.4) is 0 Å². The molecule has 1 amide bonds. The topological polar surface area (TPSA) is 50.4 Å². The first kappa shape index (κ1) is 20.7. The minimum atomic E-state index is -0.0561. The molecule has 0 radical (unpaired) electrons. The Bertz CT molecular complexity index is 452. The maximum atomic E-state index is 12.3. The fourth-order valence-electron chi connectivity index (χ4n) is 2.40. The van der Waals surface area contributed by atoms with Gasteiger partial charge in [0.1, 0.15) is 5.75 Å². The molecule has 0 aliphatic carbocycles. The molecule has 0 fully saturated rings. The molecule has 0 spiro atoms. The van der Waals surface area contributed by atoms with E-state index in [9.17, 15) is 4.79 Å². The van der Waals surface area contributed by atoms with E-state index in [-0.39, 0.29) is 30.3 Å². The van der Waals surface area contributed by atoms with Crippen LogP contribution >= 0.6 is 12.4 Å². The lowest BCUT2D eigenvalue weighted by Crippen LogP contribution is -2.37. The number of carbonyl (C=O) groups is 1. The molecule has 5 heteroatoms. The van der Waals surface area contributed by atoms with Crippen LogP contribution in [0, 0.1) is 11.8 Å². The van der Waals surface area contributed by atoms with Gasteiger partial charge in [0, 0.05) is 18.0 Å². The van der Waals surface area contributed by atoms with Gasteiger partial charge in [-0.25, -0.2) is 0 Å². The predicted molar refractivity (Wildman–Crippen MR) is 93.7 cm³/mol. The number of benzene rings is 1. The molecule has 0 saturated carbocycles. The third-order valence-electron chi connectivity index (χ3n) is 3.50. The van der Waals surface area contributed by atoms with Gasteiger partial charge < -0.3 is 15.4 Å². The quantitative estimate of drug-likeness (QED) is 0.770. The Hall–Kier alpha value is -1.26. The molecule has 2 unspecified atom stereocenters. The van der Waals surface area contributed by atoms with E-state index in [2.05, 4.69) is 24.5 Å². The zero-order valence-corrected chi connectivity index (χ0v) is 15.0. The molecule has 1 aromatic rings. The van der Waals surface area contributed by atoms with Crippen LogP contribution in [0.15, 0.2) is 24.3 Å². The summed E-state index contributed by atoms with van der Waals surface area (Å²) in [5.74, 6) is 1.32. The van der Waals surface area contributed by atoms with Gasteiger partial charge in [0.15, 0.2) is 0 Å². The lowest BCUT2D eigenvalue weighted by Gasteiger charge is -2.24. The van der Waals surface area contributed by atoms with Gasteiger partial charge in [-0.2, -0.15) is 0 Å². The Morgan fingerprint density at radius 1 is 1.23 bits per heavy atom. The number of nitrogens with one attached hydrogen (secondary N) is 2. The van der Waals surface area contributed by atoms with E-state index in [4.69, 9.17) is 4.74 Å². The van der Waals surface area contributed by atoms with Crippen LogP contribution < -0.4 is 15.4 Å². The maximum absolute atomic E-state index is 12.3. The fourth-order valence-corrected chi connectivity index (χ4v) is 2.40. The maximum Gasteiger partial charge on any atom is 0.224 e. The highest BCUT2D eigenvalue weighted by Gasteiger charge is 2.21. The van der Waals surface area contributed by atoms with Gasteiger partial charge in [0.05, 0.1) is 13.2 Å². The second kappa shape index (κ2) is 10.5. The molecule has 0 aliphatic rings. The molecule has 0 aromatic heterocycles. The molecule has 4 nitrogen and oxygen atoms in total. The van der Waals surface area contributed by atoms with Gasteiger partial charge in [-0.05, 0) is 25.5 Å². The zero-order chi connectivity index (χ0) is 15.8. The van der Waals surface area contributed by atoms with Crippen molar-refractivity contribution < 1.29 is 9.53 Å². The van der Waals surface area contributed by atoms with E-state index in [1.165, 1.54) is 0 Å². The van der Waals surface area contributed by atoms with Gasteiger partial charge in [0.25, 0.3) is 0 Å². The van der Waals surface area contributed by atoms with Crippen molar-refractivity contribution in [3.63, 3.8) is 0 Å². The molecule has 22 heavy (non-hydrogen) atoms. The van der Waals surface area contributed by atoms with Crippen LogP contribution in [0.2, 0.25) is 0 Å². The van der Waals surface area contributed by atoms with Gasteiger partial charge in [-0.3, -0.25) is 4.79 Å². The van der Waals surface area contributed by atoms with Crippen LogP contribution in [0.25, 0.3) is 0 Å². The number of amides is 1. The highest BCUT2D eigenvalue weighted by molar-refractivity contribution is 5.85. The number of hydrogen-bond donors (Lipinski definition) is 2. The minimum absolute atomic E-state index is 0. The Morgan fingerprint density at radius 2 is 1.86 bits per heavy atom. The van der Waals surface area contributed by atoms with Crippen LogP contribution in [-0.2, 0) is 4.79 Å². The Morgan fingerprint density at radius 3 is 2.41 bits per heavy atom. The van der Waals surface area contributed by atoms with E-state index in [0.29, 0.717) is 12.5 Å². The summed E-state index contributed by atoms with van der Waals surface area (Å²) in [6.45, 7) is 6.92. The third-order valence-corrected chi connectivity index (χ3v) is 3.50. The number of carbonyl (C=O) groups excluding carboxylic acids is 1. The van der Waals surface area contributed by atoms with Crippen LogP contribution in [-0.4, -0.2) is 26.6 Å². The monoisotopic (exact) mass is 328 g/mol. The SMILES string of the molecule is CNCC(C)C(=O)NC(CC(C)C)c1ccccc1OC.Cl. The minimum Gasteiger partial charge on any atom is -0.496 e. The molecular formula is C17H29ClN2O2. The lowest BCUT2D eigenvalue weighted by atomic mass is 9.95. The highest BCUT2D eigenvalue weighted by Crippen LogP contribution is 2.29. The molecule has 0 bridgehead atoms. The smallest absolute Gasteiger partial charge is 0.224 e. The van der Waals surface area contributed by atoms with Crippen molar-refractivity contribution in [2.75, 3.05) is 20.7 Å². The summed E-state index contributed by atoms with van der Waals surface area (Å²) in [5, 5.41) is 6.20. The van der Waals surface area contributed by atoms with Crippen molar-refractivity contribution >= 4 is 18.3 Å². The normalized spacial score (nSPS) is 13.2. The van der Waals surface area contributed by atoms with Crippen LogP contribution in [0.5, 0.6) is 5.75 Å². The second-order valence-corrected chi connectivity index (χ2v) is 5.89. The molecular weight excluding hydrogens is 300 g/mol. The first-order valence-corrected chi connectivity index (χ1v) is 7.57. The molecule has 0 aliphatic heterocycles. The molecule has 126 valence electrons. The first-order chi connectivity index (χ1) is 9.99. The summed E-state index contributed by atoms with van der Waals surface area (Å²) >= 11 is 0. The number of para-hydroxylation sites is 1. The Balaban J connectivity index is 0.00000441. The third kappa shape index (κ3) is 6.24. The Labute approximate surface area is 140 Å². The second-order valence-electron chi connectivity index (χ2n) is 5.89. The number of halogens is 1. The van der Waals surface area contributed by atoms with Gasteiger partial charge in [-0.15, -0.1) is 12.4 Å². The summed E-state index contributed by atoms with van der Waals surface area (Å²) in [6.07, 6.45) is 0.887. The standard InChI is InChI=1S/C17H28N2O2.ClH/c1-12(2)10-15(19-17(20)13(3)11-18-4)14-8-6-7-9-16(14)21-5;/h6-9,12-13,15,18H,10-11H2,1-5H3,(H,19,20);1H. The molecule has 0 saturated heterocycles. The van der Waals surface area contributed by atoms with Crippen molar-refractivity contribution in [2.45, 2.75) is 33.2 Å². The van der Waals surface area contributed by atoms with Crippen molar-refractivity contribution in [2.24, 2.45) is 11.8 Å². The van der Waals surface area contributed by atoms with Crippen LogP contribution in [0.1, 0.15) is 38.8 Å². The predicted octanol–water partition coefficient (Wildman–Crippen LogP) is 3.18. The average molecular weight is 329 g/mol. The van der Waals surface area contributed by atoms with E-state index in [0.717, 1.165) is 17.7 Å². The summed E-state index contributed by atoms with van der Waals surface area (Å²) in [5.41, 5.74) is 1.04. The molecule has 1 rings (SSSR count). The summed E-state index contributed by atoms with van der Waals surface area (Å²) in [4.78, 5) is 12.3. The Kier molecular flexibility index (Phi) is 9.86. The van der Waals surface area contributed by atoms with Crippen molar-refractivity contribution in [1.29, 1.82) is 0 Å². The van der Waals surface area contributed by atoms with Crippen molar-refractivity contribution in [3.05, 3.63) is 29.8 Å². The number of rotatable bonds is 8. The highest BCUT2D eigenvalue weighted by atomic mass is 35.5. The van der Waals surface area contributed by atoms with E-state index in [1.54, 1.807) is 7.11 Å². The summed E-state index contributed by atoms with van der Waals surface area (Å²) in [7, 11) is 3.52.